The molecule has 0 aromatic heterocycles. The van der Waals surface area contributed by atoms with Crippen LogP contribution in [-0.2, 0) is 16.0 Å². The van der Waals surface area contributed by atoms with Crippen molar-refractivity contribution in [2.24, 2.45) is 5.73 Å². The lowest BCUT2D eigenvalue weighted by Gasteiger charge is -2.37. The van der Waals surface area contributed by atoms with E-state index in [4.69, 9.17) is 5.73 Å². The van der Waals surface area contributed by atoms with Crippen molar-refractivity contribution in [1.29, 1.82) is 0 Å². The van der Waals surface area contributed by atoms with Crippen LogP contribution in [0.1, 0.15) is 29.5 Å². The molecule has 1 fully saturated rings. The Morgan fingerprint density at radius 1 is 1.38 bits per heavy atom. The Hall–Kier alpha value is -1.88. The van der Waals surface area contributed by atoms with Gasteiger partial charge >= 0.3 is 0 Å². The number of aliphatic hydroxyl groups is 1. The first kappa shape index (κ1) is 15.5. The maximum absolute atomic E-state index is 12.4. The van der Waals surface area contributed by atoms with E-state index in [1.807, 2.05) is 32.0 Å². The second-order valence-electron chi connectivity index (χ2n) is 5.92. The Balaban J connectivity index is 2.10. The van der Waals surface area contributed by atoms with Gasteiger partial charge in [0.25, 0.3) is 5.91 Å². The standard InChI is InChI=1S/C16H22N2O3/c1-11-4-5-12(2)13(8-11)9-14(19)18-7-3-6-16(21,10-18)15(17)20/h4-5,8,21H,3,6-7,9-10H2,1-2H3,(H2,17,20)/t16-/m1/s1. The lowest BCUT2D eigenvalue weighted by Crippen LogP contribution is -2.57. The summed E-state index contributed by atoms with van der Waals surface area (Å²) in [7, 11) is 0. The first-order chi connectivity index (χ1) is 9.82. The average molecular weight is 290 g/mol. The van der Waals surface area contributed by atoms with Gasteiger partial charge in [0.1, 0.15) is 0 Å². The highest BCUT2D eigenvalue weighted by molar-refractivity contribution is 5.85. The quantitative estimate of drug-likeness (QED) is 0.859. The summed E-state index contributed by atoms with van der Waals surface area (Å²) < 4.78 is 0. The van der Waals surface area contributed by atoms with E-state index in [0.29, 0.717) is 19.4 Å². The fraction of sp³-hybridized carbons (Fsp3) is 0.500. The highest BCUT2D eigenvalue weighted by atomic mass is 16.3. The molecule has 1 heterocycles. The minimum atomic E-state index is -1.59. The monoisotopic (exact) mass is 290 g/mol. The van der Waals surface area contributed by atoms with Crippen LogP contribution in [0, 0.1) is 13.8 Å². The predicted molar refractivity (Wildman–Crippen MR) is 79.6 cm³/mol. The van der Waals surface area contributed by atoms with Crippen LogP contribution in [0.25, 0.3) is 0 Å². The van der Waals surface area contributed by atoms with Crippen LogP contribution in [0.2, 0.25) is 0 Å². The van der Waals surface area contributed by atoms with E-state index in [2.05, 4.69) is 0 Å². The number of aryl methyl sites for hydroxylation is 2. The molecule has 1 atom stereocenters. The summed E-state index contributed by atoms with van der Waals surface area (Å²) >= 11 is 0. The maximum atomic E-state index is 12.4. The zero-order valence-electron chi connectivity index (χ0n) is 12.6. The first-order valence-corrected chi connectivity index (χ1v) is 7.18. The molecule has 2 rings (SSSR count). The van der Waals surface area contributed by atoms with Crippen molar-refractivity contribution in [3.8, 4) is 0 Å². The van der Waals surface area contributed by atoms with E-state index in [0.717, 1.165) is 16.7 Å². The van der Waals surface area contributed by atoms with Gasteiger partial charge in [-0.2, -0.15) is 0 Å². The zero-order valence-corrected chi connectivity index (χ0v) is 12.6. The second kappa shape index (κ2) is 5.85. The molecule has 2 amide bonds. The van der Waals surface area contributed by atoms with Gasteiger partial charge in [0.15, 0.2) is 5.60 Å². The molecule has 3 N–H and O–H groups in total. The number of benzene rings is 1. The Bertz CT molecular complexity index is 571. The van der Waals surface area contributed by atoms with Crippen molar-refractivity contribution < 1.29 is 14.7 Å². The number of amides is 2. The third-order valence-corrected chi connectivity index (χ3v) is 4.13. The lowest BCUT2D eigenvalue weighted by molar-refractivity contribution is -0.148. The molecule has 1 aromatic carbocycles. The number of primary amides is 1. The number of carbonyl (C=O) groups excluding carboxylic acids is 2. The van der Waals surface area contributed by atoms with Crippen LogP contribution < -0.4 is 5.73 Å². The normalized spacial score (nSPS) is 22.1. The van der Waals surface area contributed by atoms with Gasteiger partial charge in [-0.1, -0.05) is 23.8 Å². The maximum Gasteiger partial charge on any atom is 0.251 e. The fourth-order valence-corrected chi connectivity index (χ4v) is 2.72. The smallest absolute Gasteiger partial charge is 0.251 e. The topological polar surface area (TPSA) is 83.6 Å². The summed E-state index contributed by atoms with van der Waals surface area (Å²) in [5.41, 5.74) is 6.80. The highest BCUT2D eigenvalue weighted by Gasteiger charge is 2.40. The number of piperidine rings is 1. The van der Waals surface area contributed by atoms with Gasteiger partial charge in [0.05, 0.1) is 13.0 Å². The molecule has 1 aliphatic heterocycles. The van der Waals surface area contributed by atoms with Crippen molar-refractivity contribution in [1.82, 2.24) is 4.90 Å². The zero-order chi connectivity index (χ0) is 15.6. The van der Waals surface area contributed by atoms with Crippen LogP contribution in [0.15, 0.2) is 18.2 Å². The van der Waals surface area contributed by atoms with E-state index in [1.165, 1.54) is 4.90 Å². The van der Waals surface area contributed by atoms with Gasteiger partial charge in [0.2, 0.25) is 5.91 Å². The van der Waals surface area contributed by atoms with Gasteiger partial charge in [0, 0.05) is 6.54 Å². The van der Waals surface area contributed by atoms with E-state index in [1.54, 1.807) is 0 Å². The van der Waals surface area contributed by atoms with Gasteiger partial charge in [-0.05, 0) is 37.8 Å². The molecule has 0 unspecified atom stereocenters. The summed E-state index contributed by atoms with van der Waals surface area (Å²) in [6.07, 6.45) is 1.18. The molecule has 0 radical (unpaired) electrons. The van der Waals surface area contributed by atoms with E-state index in [-0.39, 0.29) is 18.9 Å². The molecule has 21 heavy (non-hydrogen) atoms. The SMILES string of the molecule is Cc1ccc(C)c(CC(=O)N2CCC[C@](O)(C(N)=O)C2)c1. The average Bonchev–Trinajstić information content (AvgIpc) is 2.42. The fourth-order valence-electron chi connectivity index (χ4n) is 2.72. The summed E-state index contributed by atoms with van der Waals surface area (Å²) in [5, 5.41) is 10.2. The number of rotatable bonds is 3. The third kappa shape index (κ3) is 3.42. The molecule has 5 heteroatoms. The Labute approximate surface area is 124 Å². The molecular formula is C16H22N2O3. The van der Waals surface area contributed by atoms with Gasteiger partial charge < -0.3 is 15.7 Å². The van der Waals surface area contributed by atoms with Crippen molar-refractivity contribution >= 4 is 11.8 Å². The van der Waals surface area contributed by atoms with Gasteiger partial charge in [-0.15, -0.1) is 0 Å². The van der Waals surface area contributed by atoms with E-state index >= 15 is 0 Å². The summed E-state index contributed by atoms with van der Waals surface area (Å²) in [6, 6.07) is 6.00. The van der Waals surface area contributed by atoms with Crippen LogP contribution in [-0.4, -0.2) is 40.5 Å². The van der Waals surface area contributed by atoms with Gasteiger partial charge in [-0.3, -0.25) is 9.59 Å². The van der Waals surface area contributed by atoms with Crippen molar-refractivity contribution in [3.63, 3.8) is 0 Å². The molecule has 0 bridgehead atoms. The number of nitrogens with two attached hydrogens (primary N) is 1. The number of hydrogen-bond acceptors (Lipinski definition) is 3. The molecular weight excluding hydrogens is 268 g/mol. The van der Waals surface area contributed by atoms with Gasteiger partial charge in [-0.25, -0.2) is 0 Å². The second-order valence-corrected chi connectivity index (χ2v) is 5.92. The van der Waals surface area contributed by atoms with Crippen molar-refractivity contribution in [2.45, 2.75) is 38.7 Å². The molecule has 0 aliphatic carbocycles. The third-order valence-electron chi connectivity index (χ3n) is 4.13. The van der Waals surface area contributed by atoms with Crippen LogP contribution >= 0.6 is 0 Å². The number of carbonyl (C=O) groups is 2. The lowest BCUT2D eigenvalue weighted by atomic mass is 9.91. The summed E-state index contributed by atoms with van der Waals surface area (Å²) in [4.78, 5) is 25.3. The summed E-state index contributed by atoms with van der Waals surface area (Å²) in [6.45, 7) is 4.50. The Morgan fingerprint density at radius 2 is 2.10 bits per heavy atom. The number of β-amino-alcohol motifs (C(OH)–C–C–N with tert-alkyl or cyclic N) is 1. The number of likely N-dealkylation sites (tertiary alicyclic amines) is 1. The van der Waals surface area contributed by atoms with Crippen LogP contribution in [0.4, 0.5) is 0 Å². The minimum Gasteiger partial charge on any atom is -0.378 e. The Morgan fingerprint density at radius 3 is 2.76 bits per heavy atom. The predicted octanol–water partition coefficient (Wildman–Crippen LogP) is 0.685. The van der Waals surface area contributed by atoms with Crippen LogP contribution in [0.5, 0.6) is 0 Å². The largest absolute Gasteiger partial charge is 0.378 e. The highest BCUT2D eigenvalue weighted by Crippen LogP contribution is 2.22. The molecule has 1 aliphatic rings. The molecule has 0 spiro atoms. The molecule has 0 saturated carbocycles. The minimum absolute atomic E-state index is 0.00791. The summed E-state index contributed by atoms with van der Waals surface area (Å²) in [5.74, 6) is -0.838. The van der Waals surface area contributed by atoms with Crippen LogP contribution in [0.3, 0.4) is 0 Å². The molecule has 114 valence electrons. The van der Waals surface area contributed by atoms with Crippen molar-refractivity contribution in [3.05, 3.63) is 34.9 Å². The van der Waals surface area contributed by atoms with E-state index < -0.39 is 11.5 Å². The molecule has 5 nitrogen and oxygen atoms in total. The van der Waals surface area contributed by atoms with Crippen molar-refractivity contribution in [2.75, 3.05) is 13.1 Å². The molecule has 1 saturated heterocycles. The number of hydrogen-bond donors (Lipinski definition) is 2. The van der Waals surface area contributed by atoms with E-state index in [9.17, 15) is 14.7 Å². The number of nitrogens with zero attached hydrogens (tertiary/aromatic N) is 1. The first-order valence-electron chi connectivity index (χ1n) is 7.18. The Kier molecular flexibility index (Phi) is 4.32. The molecule has 1 aromatic rings.